The van der Waals surface area contributed by atoms with Gasteiger partial charge in [0.25, 0.3) is 20.0 Å². The number of pyridine rings is 1. The van der Waals surface area contributed by atoms with E-state index in [0.29, 0.717) is 24.1 Å². The number of aryl methyl sites for hydroxylation is 1. The summed E-state index contributed by atoms with van der Waals surface area (Å²) < 4.78 is 72.0. The van der Waals surface area contributed by atoms with E-state index in [2.05, 4.69) is 34.8 Å². The van der Waals surface area contributed by atoms with Gasteiger partial charge in [-0.15, -0.1) is 5.10 Å². The average molecular weight is 586 g/mol. The molecule has 1 aliphatic heterocycles. The fourth-order valence-electron chi connectivity index (χ4n) is 4.35. The minimum Gasteiger partial charge on any atom is -0.375 e. The molecule has 5 heterocycles. The summed E-state index contributed by atoms with van der Waals surface area (Å²) >= 11 is 0. The molecule has 0 bridgehead atoms. The lowest BCUT2D eigenvalue weighted by Crippen LogP contribution is -2.48. The summed E-state index contributed by atoms with van der Waals surface area (Å²) in [5, 5.41) is 15.2. The lowest BCUT2D eigenvalue weighted by Gasteiger charge is -2.40. The molecule has 6 rings (SSSR count). The first-order valence-electron chi connectivity index (χ1n) is 11.8. The number of benzene rings is 1. The highest BCUT2D eigenvalue weighted by Crippen LogP contribution is 2.34. The van der Waals surface area contributed by atoms with Gasteiger partial charge in [0.15, 0.2) is 16.5 Å². The lowest BCUT2D eigenvalue weighted by atomic mass is 9.92. The van der Waals surface area contributed by atoms with Crippen LogP contribution in [0, 0.1) is 0 Å². The van der Waals surface area contributed by atoms with Gasteiger partial charge >= 0.3 is 0 Å². The van der Waals surface area contributed by atoms with E-state index in [9.17, 15) is 16.8 Å². The topological polar surface area (TPSA) is 188 Å². The molecule has 0 amide bonds. The van der Waals surface area contributed by atoms with E-state index in [-0.39, 0.29) is 16.4 Å². The molecule has 1 aromatic carbocycles. The van der Waals surface area contributed by atoms with Crippen LogP contribution in [-0.2, 0) is 42.2 Å². The third-order valence-electron chi connectivity index (χ3n) is 6.56. The second-order valence-electron chi connectivity index (χ2n) is 9.04. The van der Waals surface area contributed by atoms with Gasteiger partial charge in [0.05, 0.1) is 43.0 Å². The largest absolute Gasteiger partial charge is 0.375 e. The summed E-state index contributed by atoms with van der Waals surface area (Å²) in [6, 6.07) is 8.49. The van der Waals surface area contributed by atoms with Crippen LogP contribution in [0.25, 0.3) is 16.7 Å². The minimum absolute atomic E-state index is 0.204. The number of aromatic nitrogens is 7. The molecule has 15 nitrogen and oxygen atoms in total. The summed E-state index contributed by atoms with van der Waals surface area (Å²) in [6.45, 7) is 0.676. The predicted octanol–water partition coefficient (Wildman–Crippen LogP) is 1.35. The summed E-state index contributed by atoms with van der Waals surface area (Å²) in [5.41, 5.74) is 0.865. The molecule has 0 saturated carbocycles. The van der Waals surface area contributed by atoms with E-state index in [1.54, 1.807) is 50.7 Å². The Morgan fingerprint density at radius 2 is 1.93 bits per heavy atom. The first kappa shape index (κ1) is 25.9. The van der Waals surface area contributed by atoms with Crippen LogP contribution in [-0.4, -0.2) is 71.9 Å². The number of hydrogen-bond donors (Lipinski definition) is 3. The molecular formula is C23H23N9O6S2. The van der Waals surface area contributed by atoms with Crippen LogP contribution in [0.1, 0.15) is 5.56 Å². The summed E-state index contributed by atoms with van der Waals surface area (Å²) in [7, 11) is -5.38. The van der Waals surface area contributed by atoms with Crippen molar-refractivity contribution in [3.63, 3.8) is 0 Å². The highest BCUT2D eigenvalue weighted by molar-refractivity contribution is 7.94. The predicted molar refractivity (Wildman–Crippen MR) is 142 cm³/mol. The number of sulfonamides is 2. The number of hydrogen-bond acceptors (Lipinski definition) is 10. The van der Waals surface area contributed by atoms with E-state index in [1.165, 1.54) is 21.8 Å². The smallest absolute Gasteiger partial charge is 0.267 e. The van der Waals surface area contributed by atoms with Crippen LogP contribution in [0.15, 0.2) is 71.1 Å². The fraction of sp³-hybridized carbons (Fsp3) is 0.217. The summed E-state index contributed by atoms with van der Waals surface area (Å²) in [6.07, 6.45) is 6.56. The third kappa shape index (κ3) is 4.37. The maximum atomic E-state index is 13.7. The molecule has 3 N–H and O–H groups in total. The van der Waals surface area contributed by atoms with Gasteiger partial charge in [-0.25, -0.2) is 26.5 Å². The number of ether oxygens (including phenoxy) is 2. The number of rotatable bonds is 9. The number of para-hydroxylation sites is 1. The molecule has 0 unspecified atom stereocenters. The molecule has 17 heteroatoms. The van der Waals surface area contributed by atoms with E-state index >= 15 is 0 Å². The molecule has 1 saturated heterocycles. The molecule has 4 aromatic heterocycles. The molecule has 0 atom stereocenters. The van der Waals surface area contributed by atoms with Gasteiger partial charge < -0.3 is 9.47 Å². The van der Waals surface area contributed by atoms with Crippen LogP contribution >= 0.6 is 0 Å². The number of H-pyrrole nitrogens is 1. The standard InChI is InChI=1S/C23H23N9O6S2/c1-31-21-15(9-27-31)4-3-5-18(21)29-40(35,36)19-12-32(28-22(19)30-39(33,34)17-10-25-26-11-17)20-8-16(6-7-24-20)23(37-2)13-38-14-23/h3-12,29H,13-14H2,1-2H3,(H,25,26)(H,28,30). The number of fused-ring (bicyclic) bond motifs is 1. The number of nitrogens with one attached hydrogen (secondary N) is 3. The van der Waals surface area contributed by atoms with Gasteiger partial charge in [0, 0.05) is 31.9 Å². The van der Waals surface area contributed by atoms with Gasteiger partial charge in [-0.3, -0.25) is 19.2 Å². The Bertz CT molecular complexity index is 1920. The third-order valence-corrected chi connectivity index (χ3v) is 9.23. The molecule has 40 heavy (non-hydrogen) atoms. The monoisotopic (exact) mass is 585 g/mol. The molecule has 1 fully saturated rings. The van der Waals surface area contributed by atoms with Crippen LogP contribution in [0.2, 0.25) is 0 Å². The molecule has 208 valence electrons. The maximum absolute atomic E-state index is 13.7. The quantitative estimate of drug-likeness (QED) is 0.228. The highest BCUT2D eigenvalue weighted by atomic mass is 32.2. The molecule has 0 spiro atoms. The average Bonchev–Trinajstić information content (AvgIpc) is 3.65. The van der Waals surface area contributed by atoms with Gasteiger partial charge in [-0.2, -0.15) is 10.2 Å². The van der Waals surface area contributed by atoms with Crippen LogP contribution in [0.5, 0.6) is 0 Å². The molecule has 1 aliphatic rings. The number of aromatic amines is 1. The van der Waals surface area contributed by atoms with Crippen LogP contribution in [0.4, 0.5) is 11.5 Å². The molecule has 0 aliphatic carbocycles. The molecule has 0 radical (unpaired) electrons. The number of anilines is 2. The maximum Gasteiger partial charge on any atom is 0.267 e. The Balaban J connectivity index is 1.45. The van der Waals surface area contributed by atoms with E-state index in [0.717, 1.165) is 18.0 Å². The van der Waals surface area contributed by atoms with Crippen molar-refractivity contribution in [2.75, 3.05) is 29.8 Å². The second kappa shape index (κ2) is 9.40. The van der Waals surface area contributed by atoms with Crippen molar-refractivity contribution in [3.8, 4) is 5.82 Å². The zero-order valence-electron chi connectivity index (χ0n) is 21.1. The van der Waals surface area contributed by atoms with E-state index in [4.69, 9.17) is 9.47 Å². The SMILES string of the molecule is COC1(c2ccnc(-n3cc(S(=O)(=O)Nc4cccc5cnn(C)c45)c(NS(=O)(=O)c4cn[nH]c4)n3)c2)COC1. The van der Waals surface area contributed by atoms with Gasteiger partial charge in [-0.05, 0) is 23.8 Å². The van der Waals surface area contributed by atoms with Crippen molar-refractivity contribution in [1.82, 2.24) is 34.7 Å². The Kier molecular flexibility index (Phi) is 6.10. The van der Waals surface area contributed by atoms with E-state index < -0.39 is 36.4 Å². The number of nitrogens with zero attached hydrogens (tertiary/aromatic N) is 6. The normalized spacial score (nSPS) is 15.2. The van der Waals surface area contributed by atoms with E-state index in [1.807, 2.05) is 0 Å². The zero-order valence-corrected chi connectivity index (χ0v) is 22.8. The molecule has 5 aromatic rings. The van der Waals surface area contributed by atoms with Crippen LogP contribution < -0.4 is 9.44 Å². The summed E-state index contributed by atoms with van der Waals surface area (Å²) in [5.74, 6) is -0.203. The molecular weight excluding hydrogens is 562 g/mol. The Morgan fingerprint density at radius 1 is 1.10 bits per heavy atom. The summed E-state index contributed by atoms with van der Waals surface area (Å²) in [4.78, 5) is 3.68. The lowest BCUT2D eigenvalue weighted by molar-refractivity contribution is -0.202. The zero-order chi connectivity index (χ0) is 28.1. The fourth-order valence-corrected chi connectivity index (χ4v) is 6.48. The van der Waals surface area contributed by atoms with Crippen molar-refractivity contribution < 1.29 is 26.3 Å². The van der Waals surface area contributed by atoms with Gasteiger partial charge in [0.1, 0.15) is 10.5 Å². The van der Waals surface area contributed by atoms with Gasteiger partial charge in [0.2, 0.25) is 0 Å². The second-order valence-corrected chi connectivity index (χ2v) is 12.4. The Morgan fingerprint density at radius 3 is 2.62 bits per heavy atom. The Hall–Kier alpha value is -4.32. The first-order valence-corrected chi connectivity index (χ1v) is 14.7. The highest BCUT2D eigenvalue weighted by Gasteiger charge is 2.41. The van der Waals surface area contributed by atoms with Crippen LogP contribution in [0.3, 0.4) is 0 Å². The van der Waals surface area contributed by atoms with Crippen molar-refractivity contribution >= 4 is 42.5 Å². The van der Waals surface area contributed by atoms with Gasteiger partial charge in [-0.1, -0.05) is 12.1 Å². The first-order chi connectivity index (χ1) is 19.1. The van der Waals surface area contributed by atoms with Crippen molar-refractivity contribution in [2.45, 2.75) is 15.4 Å². The van der Waals surface area contributed by atoms with Crippen molar-refractivity contribution in [3.05, 3.63) is 66.9 Å². The number of methoxy groups -OCH3 is 1. The Labute approximate surface area is 228 Å². The van der Waals surface area contributed by atoms with Crippen molar-refractivity contribution in [1.29, 1.82) is 0 Å². The minimum atomic E-state index is -4.39. The van der Waals surface area contributed by atoms with Crippen molar-refractivity contribution in [2.24, 2.45) is 7.05 Å².